The molecule has 0 fully saturated rings. The lowest BCUT2D eigenvalue weighted by Gasteiger charge is -2.22. The Labute approximate surface area is 155 Å². The van der Waals surface area contributed by atoms with Crippen LogP contribution < -0.4 is 15.0 Å². The Morgan fingerprint density at radius 1 is 1.08 bits per heavy atom. The predicted molar refractivity (Wildman–Crippen MR) is 104 cm³/mol. The predicted octanol–water partition coefficient (Wildman–Crippen LogP) is 3.08. The van der Waals surface area contributed by atoms with Gasteiger partial charge in [0.05, 0.1) is 19.5 Å². The summed E-state index contributed by atoms with van der Waals surface area (Å²) in [4.78, 5) is 23.1. The van der Waals surface area contributed by atoms with Crippen LogP contribution in [0, 0.1) is 0 Å². The van der Waals surface area contributed by atoms with Gasteiger partial charge in [0, 0.05) is 19.6 Å². The second kappa shape index (κ2) is 10.4. The third-order valence-electron chi connectivity index (χ3n) is 4.04. The van der Waals surface area contributed by atoms with E-state index >= 15 is 0 Å². The highest BCUT2D eigenvalue weighted by Crippen LogP contribution is 2.12. The highest BCUT2D eigenvalue weighted by atomic mass is 16.5. The molecule has 26 heavy (non-hydrogen) atoms. The summed E-state index contributed by atoms with van der Waals surface area (Å²) in [5, 5.41) is 2.89. The number of ether oxygens (including phenoxy) is 1. The van der Waals surface area contributed by atoms with Crippen LogP contribution in [-0.4, -0.2) is 42.6 Å². The standard InChI is InChI=1S/C20H28N4O2/c1-4-12-24(13-5-2)19-15-22-18(14-23-19)20(25)21-11-10-16-6-8-17(26-3)9-7-16/h6-9,14-15H,4-5,10-13H2,1-3H3,(H,21,25). The molecular formula is C20H28N4O2. The third kappa shape index (κ3) is 5.72. The molecule has 1 amide bonds. The van der Waals surface area contributed by atoms with Crippen molar-refractivity contribution >= 4 is 11.7 Å². The van der Waals surface area contributed by atoms with E-state index in [0.717, 1.165) is 49.5 Å². The number of hydrogen-bond acceptors (Lipinski definition) is 5. The average Bonchev–Trinajstić information content (AvgIpc) is 2.68. The van der Waals surface area contributed by atoms with Crippen molar-refractivity contribution in [2.75, 3.05) is 31.6 Å². The van der Waals surface area contributed by atoms with Crippen molar-refractivity contribution in [1.29, 1.82) is 0 Å². The Kier molecular flexibility index (Phi) is 7.86. The van der Waals surface area contributed by atoms with E-state index in [9.17, 15) is 4.79 Å². The minimum absolute atomic E-state index is 0.199. The van der Waals surface area contributed by atoms with Gasteiger partial charge in [-0.05, 0) is 37.0 Å². The molecule has 0 radical (unpaired) electrons. The van der Waals surface area contributed by atoms with Gasteiger partial charge in [-0.15, -0.1) is 0 Å². The Morgan fingerprint density at radius 3 is 2.31 bits per heavy atom. The summed E-state index contributed by atoms with van der Waals surface area (Å²) in [6.07, 6.45) is 6.09. The highest BCUT2D eigenvalue weighted by Gasteiger charge is 2.10. The van der Waals surface area contributed by atoms with Crippen LogP contribution in [0.25, 0.3) is 0 Å². The molecular weight excluding hydrogens is 328 g/mol. The van der Waals surface area contributed by atoms with E-state index in [4.69, 9.17) is 4.74 Å². The zero-order chi connectivity index (χ0) is 18.8. The van der Waals surface area contributed by atoms with Gasteiger partial charge in [-0.2, -0.15) is 0 Å². The van der Waals surface area contributed by atoms with Crippen LogP contribution in [0.3, 0.4) is 0 Å². The van der Waals surface area contributed by atoms with Gasteiger partial charge in [-0.3, -0.25) is 4.79 Å². The second-order valence-corrected chi connectivity index (χ2v) is 6.10. The zero-order valence-electron chi connectivity index (χ0n) is 15.9. The molecule has 1 aromatic heterocycles. The number of carbonyl (C=O) groups is 1. The Hall–Kier alpha value is -2.63. The number of methoxy groups -OCH3 is 1. The molecule has 0 aliphatic heterocycles. The first kappa shape index (κ1) is 19.7. The van der Waals surface area contributed by atoms with Crippen molar-refractivity contribution in [3.8, 4) is 5.75 Å². The number of amides is 1. The van der Waals surface area contributed by atoms with Crippen LogP contribution in [0.1, 0.15) is 42.7 Å². The van der Waals surface area contributed by atoms with Crippen LogP contribution in [0.4, 0.5) is 5.82 Å². The maximum atomic E-state index is 12.2. The molecule has 1 N–H and O–H groups in total. The van der Waals surface area contributed by atoms with Crippen molar-refractivity contribution < 1.29 is 9.53 Å². The summed E-state index contributed by atoms with van der Waals surface area (Å²) >= 11 is 0. The molecule has 1 heterocycles. The van der Waals surface area contributed by atoms with E-state index in [1.807, 2.05) is 24.3 Å². The lowest BCUT2D eigenvalue weighted by molar-refractivity contribution is 0.0949. The normalized spacial score (nSPS) is 10.4. The molecule has 140 valence electrons. The molecule has 1 aromatic carbocycles. The molecule has 0 atom stereocenters. The summed E-state index contributed by atoms with van der Waals surface area (Å²) in [6, 6.07) is 7.82. The van der Waals surface area contributed by atoms with Gasteiger partial charge in [-0.1, -0.05) is 26.0 Å². The summed E-state index contributed by atoms with van der Waals surface area (Å²) in [5.41, 5.74) is 1.48. The van der Waals surface area contributed by atoms with Crippen molar-refractivity contribution in [3.05, 3.63) is 47.9 Å². The first-order valence-electron chi connectivity index (χ1n) is 9.16. The van der Waals surface area contributed by atoms with Gasteiger partial charge in [0.15, 0.2) is 0 Å². The molecule has 0 bridgehead atoms. The van der Waals surface area contributed by atoms with Gasteiger partial charge in [0.25, 0.3) is 5.91 Å². The van der Waals surface area contributed by atoms with Gasteiger partial charge in [0.2, 0.25) is 0 Å². The lowest BCUT2D eigenvalue weighted by Crippen LogP contribution is -2.28. The van der Waals surface area contributed by atoms with Crippen LogP contribution in [-0.2, 0) is 6.42 Å². The Morgan fingerprint density at radius 2 is 1.77 bits per heavy atom. The quantitative estimate of drug-likeness (QED) is 0.708. The smallest absolute Gasteiger partial charge is 0.271 e. The lowest BCUT2D eigenvalue weighted by atomic mass is 10.1. The number of aromatic nitrogens is 2. The number of benzene rings is 1. The molecule has 0 aliphatic carbocycles. The van der Waals surface area contributed by atoms with Crippen LogP contribution in [0.2, 0.25) is 0 Å². The maximum absolute atomic E-state index is 12.2. The third-order valence-corrected chi connectivity index (χ3v) is 4.04. The summed E-state index contributed by atoms with van der Waals surface area (Å²) < 4.78 is 5.14. The average molecular weight is 356 g/mol. The number of nitrogens with zero attached hydrogens (tertiary/aromatic N) is 3. The molecule has 0 saturated heterocycles. The fourth-order valence-electron chi connectivity index (χ4n) is 2.69. The zero-order valence-corrected chi connectivity index (χ0v) is 15.9. The van der Waals surface area contributed by atoms with E-state index in [2.05, 4.69) is 34.0 Å². The first-order valence-corrected chi connectivity index (χ1v) is 9.16. The van der Waals surface area contributed by atoms with Crippen molar-refractivity contribution in [3.63, 3.8) is 0 Å². The number of anilines is 1. The fraction of sp³-hybridized carbons (Fsp3) is 0.450. The Balaban J connectivity index is 1.86. The highest BCUT2D eigenvalue weighted by molar-refractivity contribution is 5.92. The molecule has 2 rings (SSSR count). The van der Waals surface area contributed by atoms with Gasteiger partial charge < -0.3 is 15.0 Å². The summed E-state index contributed by atoms with van der Waals surface area (Å²) in [7, 11) is 1.64. The SMILES string of the molecule is CCCN(CCC)c1cnc(C(=O)NCCc2ccc(OC)cc2)cn1. The topological polar surface area (TPSA) is 67.4 Å². The largest absolute Gasteiger partial charge is 0.497 e. The fourth-order valence-corrected chi connectivity index (χ4v) is 2.69. The minimum atomic E-state index is -0.199. The maximum Gasteiger partial charge on any atom is 0.271 e. The van der Waals surface area contributed by atoms with Crippen molar-refractivity contribution in [1.82, 2.24) is 15.3 Å². The van der Waals surface area contributed by atoms with Gasteiger partial charge in [-0.25, -0.2) is 9.97 Å². The second-order valence-electron chi connectivity index (χ2n) is 6.10. The van der Waals surface area contributed by atoms with E-state index in [1.165, 1.54) is 0 Å². The van der Waals surface area contributed by atoms with Crippen LogP contribution >= 0.6 is 0 Å². The number of carbonyl (C=O) groups excluding carboxylic acids is 1. The van der Waals surface area contributed by atoms with E-state index in [1.54, 1.807) is 19.5 Å². The van der Waals surface area contributed by atoms with Crippen LogP contribution in [0.5, 0.6) is 5.75 Å². The number of hydrogen-bond donors (Lipinski definition) is 1. The summed E-state index contributed by atoms with van der Waals surface area (Å²) in [6.45, 7) is 6.71. The molecule has 0 spiro atoms. The van der Waals surface area contributed by atoms with E-state index in [0.29, 0.717) is 12.2 Å². The van der Waals surface area contributed by atoms with Crippen molar-refractivity contribution in [2.24, 2.45) is 0 Å². The molecule has 0 aliphatic rings. The molecule has 2 aromatic rings. The minimum Gasteiger partial charge on any atom is -0.497 e. The van der Waals surface area contributed by atoms with E-state index in [-0.39, 0.29) is 5.91 Å². The molecule has 0 unspecified atom stereocenters. The number of nitrogens with one attached hydrogen (secondary N) is 1. The number of rotatable bonds is 10. The first-order chi connectivity index (χ1) is 12.7. The molecule has 6 heteroatoms. The van der Waals surface area contributed by atoms with Crippen molar-refractivity contribution in [2.45, 2.75) is 33.1 Å². The van der Waals surface area contributed by atoms with Gasteiger partial charge in [0.1, 0.15) is 17.3 Å². The monoisotopic (exact) mass is 356 g/mol. The summed E-state index contributed by atoms with van der Waals surface area (Å²) in [5.74, 6) is 1.45. The van der Waals surface area contributed by atoms with Crippen LogP contribution in [0.15, 0.2) is 36.7 Å². The molecule has 0 saturated carbocycles. The van der Waals surface area contributed by atoms with E-state index < -0.39 is 0 Å². The molecule has 6 nitrogen and oxygen atoms in total. The Bertz CT molecular complexity index is 665. The van der Waals surface area contributed by atoms with Gasteiger partial charge >= 0.3 is 0 Å².